The van der Waals surface area contributed by atoms with Gasteiger partial charge in [-0.05, 0) is 17.9 Å². The summed E-state index contributed by atoms with van der Waals surface area (Å²) in [4.78, 5) is 5.45. The summed E-state index contributed by atoms with van der Waals surface area (Å²) >= 11 is 1.61. The van der Waals surface area contributed by atoms with Crippen molar-refractivity contribution in [3.8, 4) is 10.7 Å². The number of aromatic nitrogens is 2. The van der Waals surface area contributed by atoms with Crippen molar-refractivity contribution in [2.45, 2.75) is 18.6 Å². The normalized spacial score (nSPS) is 24.3. The lowest BCUT2D eigenvalue weighted by Gasteiger charge is -2.04. The van der Waals surface area contributed by atoms with E-state index < -0.39 is 0 Å². The molecule has 0 aromatic carbocycles. The van der Waals surface area contributed by atoms with E-state index in [0.717, 1.165) is 17.8 Å². The van der Waals surface area contributed by atoms with Gasteiger partial charge in [0.2, 0.25) is 11.7 Å². The summed E-state index contributed by atoms with van der Waals surface area (Å²) in [5, 5.41) is 9.31. The summed E-state index contributed by atoms with van der Waals surface area (Å²) in [6, 6.07) is 4.07. The maximum atomic E-state index is 5.29. The molecule has 2 aromatic heterocycles. The molecule has 1 saturated heterocycles. The Balaban J connectivity index is 1.77. The molecule has 0 bridgehead atoms. The van der Waals surface area contributed by atoms with Gasteiger partial charge < -0.3 is 14.6 Å². The van der Waals surface area contributed by atoms with Crippen molar-refractivity contribution in [2.75, 3.05) is 13.7 Å². The maximum absolute atomic E-state index is 5.29. The summed E-state index contributed by atoms with van der Waals surface area (Å²) < 4.78 is 10.6. The summed E-state index contributed by atoms with van der Waals surface area (Å²) in [6.07, 6.45) is 1.11. The molecule has 17 heavy (non-hydrogen) atoms. The number of hydrogen-bond donors (Lipinski definition) is 1. The van der Waals surface area contributed by atoms with Gasteiger partial charge in [-0.3, -0.25) is 0 Å². The van der Waals surface area contributed by atoms with E-state index in [1.54, 1.807) is 18.4 Å². The van der Waals surface area contributed by atoms with Crippen molar-refractivity contribution in [1.82, 2.24) is 15.5 Å². The van der Waals surface area contributed by atoms with Gasteiger partial charge in [0, 0.05) is 13.7 Å². The Morgan fingerprint density at radius 3 is 3.24 bits per heavy atom. The van der Waals surface area contributed by atoms with Crippen LogP contribution in [0.3, 0.4) is 0 Å². The Bertz CT molecular complexity index is 483. The minimum absolute atomic E-state index is 0.112. The smallest absolute Gasteiger partial charge is 0.244 e. The number of nitrogens with zero attached hydrogens (tertiary/aromatic N) is 2. The van der Waals surface area contributed by atoms with Crippen LogP contribution in [0.15, 0.2) is 22.0 Å². The van der Waals surface area contributed by atoms with Crippen LogP contribution in [0.4, 0.5) is 0 Å². The van der Waals surface area contributed by atoms with E-state index >= 15 is 0 Å². The number of nitrogens with one attached hydrogen (secondary N) is 1. The van der Waals surface area contributed by atoms with Crippen molar-refractivity contribution >= 4 is 11.3 Å². The summed E-state index contributed by atoms with van der Waals surface area (Å²) in [5.74, 6) is 1.31. The number of methoxy groups -OCH3 is 1. The highest BCUT2D eigenvalue weighted by Gasteiger charge is 2.29. The molecule has 2 atom stereocenters. The average Bonchev–Trinajstić information content (AvgIpc) is 3.09. The number of ether oxygens (including phenoxy) is 1. The molecule has 0 radical (unpaired) electrons. The van der Waals surface area contributed by atoms with Crippen LogP contribution in [0.5, 0.6) is 0 Å². The van der Waals surface area contributed by atoms with Gasteiger partial charge in [0.05, 0.1) is 17.0 Å². The Kier molecular flexibility index (Phi) is 2.92. The van der Waals surface area contributed by atoms with Gasteiger partial charge in [-0.25, -0.2) is 0 Å². The molecular formula is C11H13N3O2S. The van der Waals surface area contributed by atoms with E-state index in [4.69, 9.17) is 9.26 Å². The topological polar surface area (TPSA) is 60.2 Å². The largest absolute Gasteiger partial charge is 0.380 e. The molecule has 2 aromatic rings. The molecular weight excluding hydrogens is 238 g/mol. The van der Waals surface area contributed by atoms with Crippen molar-refractivity contribution in [1.29, 1.82) is 0 Å². The third kappa shape index (κ3) is 2.11. The first-order chi connectivity index (χ1) is 8.36. The number of rotatable bonds is 3. The van der Waals surface area contributed by atoms with Crippen LogP contribution in [0.1, 0.15) is 18.4 Å². The predicted octanol–water partition coefficient (Wildman–Crippen LogP) is 1.85. The highest BCUT2D eigenvalue weighted by atomic mass is 32.1. The Morgan fingerprint density at radius 1 is 1.59 bits per heavy atom. The van der Waals surface area contributed by atoms with E-state index in [9.17, 15) is 0 Å². The molecule has 1 fully saturated rings. The maximum Gasteiger partial charge on any atom is 0.244 e. The van der Waals surface area contributed by atoms with Crippen LogP contribution in [0, 0.1) is 0 Å². The first-order valence-corrected chi connectivity index (χ1v) is 6.38. The molecule has 90 valence electrons. The van der Waals surface area contributed by atoms with Crippen LogP contribution in [-0.4, -0.2) is 29.9 Å². The fourth-order valence-electron chi connectivity index (χ4n) is 1.95. The van der Waals surface area contributed by atoms with Gasteiger partial charge in [-0.2, -0.15) is 4.98 Å². The number of hydrogen-bond acceptors (Lipinski definition) is 6. The van der Waals surface area contributed by atoms with Crippen molar-refractivity contribution < 1.29 is 9.26 Å². The highest BCUT2D eigenvalue weighted by molar-refractivity contribution is 7.13. The minimum atomic E-state index is 0.112. The fraction of sp³-hybridized carbons (Fsp3) is 0.455. The van der Waals surface area contributed by atoms with Crippen molar-refractivity contribution in [3.05, 3.63) is 23.4 Å². The Labute approximate surface area is 103 Å². The van der Waals surface area contributed by atoms with Crippen LogP contribution in [0.2, 0.25) is 0 Å². The molecule has 5 nitrogen and oxygen atoms in total. The van der Waals surface area contributed by atoms with Gasteiger partial charge in [-0.15, -0.1) is 11.3 Å². The highest BCUT2D eigenvalue weighted by Crippen LogP contribution is 2.27. The van der Waals surface area contributed by atoms with E-state index in [0.29, 0.717) is 11.7 Å². The van der Waals surface area contributed by atoms with Gasteiger partial charge in [0.15, 0.2) is 0 Å². The van der Waals surface area contributed by atoms with Gasteiger partial charge in [0.1, 0.15) is 0 Å². The summed E-state index contributed by atoms with van der Waals surface area (Å²) in [5.41, 5.74) is 0. The first kappa shape index (κ1) is 10.9. The third-order valence-electron chi connectivity index (χ3n) is 2.91. The van der Waals surface area contributed by atoms with Crippen LogP contribution >= 0.6 is 11.3 Å². The van der Waals surface area contributed by atoms with E-state index in [2.05, 4.69) is 15.5 Å². The van der Waals surface area contributed by atoms with Gasteiger partial charge in [-0.1, -0.05) is 11.2 Å². The molecule has 1 N–H and O–H groups in total. The standard InChI is InChI=1S/C11H13N3O2S/c1-15-7-5-8(12-6-7)11-13-10(14-16-11)9-3-2-4-17-9/h2-4,7-8,12H,5-6H2,1H3. The second-order valence-corrected chi connectivity index (χ2v) is 4.94. The lowest BCUT2D eigenvalue weighted by atomic mass is 10.2. The zero-order valence-corrected chi connectivity index (χ0v) is 10.2. The molecule has 0 spiro atoms. The molecule has 2 unspecified atom stereocenters. The van der Waals surface area contributed by atoms with Crippen LogP contribution in [0.25, 0.3) is 10.7 Å². The molecule has 1 aliphatic heterocycles. The lowest BCUT2D eigenvalue weighted by molar-refractivity contribution is 0.116. The second-order valence-electron chi connectivity index (χ2n) is 3.99. The SMILES string of the molecule is COC1CNC(c2nc(-c3cccs3)no2)C1. The van der Waals surface area contributed by atoms with E-state index in [-0.39, 0.29) is 12.1 Å². The molecule has 0 aliphatic carbocycles. The molecule has 1 aliphatic rings. The Morgan fingerprint density at radius 2 is 2.53 bits per heavy atom. The third-order valence-corrected chi connectivity index (χ3v) is 3.77. The van der Waals surface area contributed by atoms with Gasteiger partial charge >= 0.3 is 0 Å². The molecule has 3 heterocycles. The lowest BCUT2D eigenvalue weighted by Crippen LogP contribution is -2.16. The predicted molar refractivity (Wildman–Crippen MR) is 63.8 cm³/mol. The average molecular weight is 251 g/mol. The van der Waals surface area contributed by atoms with Crippen molar-refractivity contribution in [2.24, 2.45) is 0 Å². The molecule has 3 rings (SSSR count). The fourth-order valence-corrected chi connectivity index (χ4v) is 2.60. The van der Waals surface area contributed by atoms with E-state index in [1.807, 2.05) is 17.5 Å². The number of thiophene rings is 1. The van der Waals surface area contributed by atoms with Crippen LogP contribution < -0.4 is 5.32 Å². The Hall–Kier alpha value is -1.24. The van der Waals surface area contributed by atoms with E-state index in [1.165, 1.54) is 0 Å². The quantitative estimate of drug-likeness (QED) is 0.902. The second kappa shape index (κ2) is 4.56. The monoisotopic (exact) mass is 251 g/mol. The first-order valence-electron chi connectivity index (χ1n) is 5.50. The van der Waals surface area contributed by atoms with Gasteiger partial charge in [0.25, 0.3) is 0 Å². The van der Waals surface area contributed by atoms with Crippen molar-refractivity contribution in [3.63, 3.8) is 0 Å². The zero-order valence-electron chi connectivity index (χ0n) is 9.42. The molecule has 0 amide bonds. The molecule has 0 saturated carbocycles. The minimum Gasteiger partial charge on any atom is -0.380 e. The molecule has 6 heteroatoms. The summed E-state index contributed by atoms with van der Waals surface area (Å²) in [6.45, 7) is 0.831. The summed E-state index contributed by atoms with van der Waals surface area (Å²) in [7, 11) is 1.72. The zero-order chi connectivity index (χ0) is 11.7. The van der Waals surface area contributed by atoms with Crippen LogP contribution in [-0.2, 0) is 4.74 Å².